The minimum atomic E-state index is -2.11. The van der Waals surface area contributed by atoms with E-state index in [1.54, 1.807) is 24.3 Å². The number of para-hydroxylation sites is 1. The highest BCUT2D eigenvalue weighted by atomic mass is 35.5. The molecule has 190 valence electrons. The van der Waals surface area contributed by atoms with Crippen molar-refractivity contribution in [2.45, 2.75) is 31.1 Å². The number of rotatable bonds is 6. The lowest BCUT2D eigenvalue weighted by molar-refractivity contribution is -0.156. The summed E-state index contributed by atoms with van der Waals surface area (Å²) in [7, 11) is 0. The van der Waals surface area contributed by atoms with Gasteiger partial charge < -0.3 is 16.4 Å². The predicted octanol–water partition coefficient (Wildman–Crippen LogP) is 3.08. The number of halogens is 4. The van der Waals surface area contributed by atoms with Crippen LogP contribution in [0.5, 0.6) is 0 Å². The van der Waals surface area contributed by atoms with E-state index in [2.05, 4.69) is 0 Å². The molecule has 12 heteroatoms. The second-order valence-corrected chi connectivity index (χ2v) is 9.18. The van der Waals surface area contributed by atoms with Crippen LogP contribution >= 0.6 is 11.6 Å². The lowest BCUT2D eigenvalue weighted by atomic mass is 10.0. The first-order valence-corrected chi connectivity index (χ1v) is 11.4. The van der Waals surface area contributed by atoms with E-state index in [1.165, 1.54) is 22.9 Å². The Hall–Kier alpha value is -3.57. The molecule has 1 aliphatic heterocycles. The van der Waals surface area contributed by atoms with Gasteiger partial charge in [0.2, 0.25) is 5.91 Å². The van der Waals surface area contributed by atoms with Crippen molar-refractivity contribution in [3.05, 3.63) is 70.6 Å². The number of fused-ring (bicyclic) bond motifs is 1. The van der Waals surface area contributed by atoms with Crippen LogP contribution < -0.4 is 11.5 Å². The molecular weight excluding hydrogens is 499 g/mol. The molecule has 1 fully saturated rings. The monoisotopic (exact) mass is 521 g/mol. The number of carbonyl (C=O) groups is 3. The standard InChI is InChI=1S/C24H23ClF3N5O3/c25-16-5-6-18(26)15(7-16)11-33(28)22(35)20-9-24(27,12-29)13-32(20)21(34)8-14-10-31(23(30)36)19-4-2-1-3-17(14)19/h1-7,10,20H,8-9,11-13,29H2,(H2,30,36)/t20-,24-/m0/s1. The van der Waals surface area contributed by atoms with Gasteiger partial charge in [-0.15, -0.1) is 0 Å². The number of benzene rings is 2. The molecule has 0 bridgehead atoms. The van der Waals surface area contributed by atoms with Crippen molar-refractivity contribution in [1.29, 1.82) is 0 Å². The summed E-state index contributed by atoms with van der Waals surface area (Å²) in [4.78, 5) is 39.0. The van der Waals surface area contributed by atoms with Crippen molar-refractivity contribution in [3.63, 3.8) is 0 Å². The van der Waals surface area contributed by atoms with E-state index in [4.69, 9.17) is 23.1 Å². The van der Waals surface area contributed by atoms with Crippen LogP contribution in [0.15, 0.2) is 48.7 Å². The maximum Gasteiger partial charge on any atom is 0.323 e. The zero-order chi connectivity index (χ0) is 26.2. The molecule has 8 nitrogen and oxygen atoms in total. The van der Waals surface area contributed by atoms with Crippen LogP contribution in [0, 0.1) is 5.82 Å². The van der Waals surface area contributed by atoms with Crippen molar-refractivity contribution >= 4 is 40.3 Å². The molecule has 1 saturated heterocycles. The molecule has 0 radical (unpaired) electrons. The molecule has 0 spiro atoms. The van der Waals surface area contributed by atoms with Gasteiger partial charge in [-0.25, -0.2) is 13.6 Å². The Morgan fingerprint density at radius 1 is 1.17 bits per heavy atom. The van der Waals surface area contributed by atoms with Gasteiger partial charge in [-0.05, 0) is 29.8 Å². The summed E-state index contributed by atoms with van der Waals surface area (Å²) >= 11 is 5.83. The zero-order valence-electron chi connectivity index (χ0n) is 19.0. The fraction of sp³-hybridized carbons (Fsp3) is 0.292. The van der Waals surface area contributed by atoms with Crippen LogP contribution in [-0.4, -0.2) is 57.2 Å². The fourth-order valence-corrected chi connectivity index (χ4v) is 4.65. The predicted molar refractivity (Wildman–Crippen MR) is 127 cm³/mol. The molecule has 4 N–H and O–H groups in total. The second-order valence-electron chi connectivity index (χ2n) is 8.75. The zero-order valence-corrected chi connectivity index (χ0v) is 19.7. The van der Waals surface area contributed by atoms with Crippen molar-refractivity contribution in [1.82, 2.24) is 14.6 Å². The SMILES string of the molecule is NC[C@@]1(F)C[C@@H](C(=O)N(F)Cc2cc(Cl)ccc2F)N(C(=O)Cc2cn(C(N)=O)c3ccccc23)C1. The molecule has 3 amide bonds. The summed E-state index contributed by atoms with van der Waals surface area (Å²) in [6.45, 7) is -1.79. The van der Waals surface area contributed by atoms with Gasteiger partial charge in [0.25, 0.3) is 5.91 Å². The average molecular weight is 522 g/mol. The Balaban J connectivity index is 1.59. The first-order valence-electron chi connectivity index (χ1n) is 11.0. The number of primary amides is 1. The fourth-order valence-electron chi connectivity index (χ4n) is 4.46. The molecule has 2 atom stereocenters. The third-order valence-electron chi connectivity index (χ3n) is 6.29. The summed E-state index contributed by atoms with van der Waals surface area (Å²) < 4.78 is 45.3. The molecule has 0 unspecified atom stereocenters. The summed E-state index contributed by atoms with van der Waals surface area (Å²) in [6.07, 6.45) is 0.572. The van der Waals surface area contributed by atoms with Crippen LogP contribution in [0.25, 0.3) is 10.9 Å². The van der Waals surface area contributed by atoms with E-state index < -0.39 is 61.4 Å². The first kappa shape index (κ1) is 25.5. The van der Waals surface area contributed by atoms with Crippen LogP contribution in [0.2, 0.25) is 5.02 Å². The van der Waals surface area contributed by atoms with Gasteiger partial charge in [-0.3, -0.25) is 14.2 Å². The summed E-state index contributed by atoms with van der Waals surface area (Å²) in [5.41, 5.74) is 9.56. The number of nitrogens with zero attached hydrogens (tertiary/aromatic N) is 3. The number of likely N-dealkylation sites (tertiary alicyclic amines) is 1. The number of hydrogen-bond acceptors (Lipinski definition) is 4. The van der Waals surface area contributed by atoms with Crippen LogP contribution in [0.4, 0.5) is 18.1 Å². The molecule has 36 heavy (non-hydrogen) atoms. The number of carbonyl (C=O) groups excluding carboxylic acids is 3. The Labute approximate surface area is 209 Å². The van der Waals surface area contributed by atoms with Gasteiger partial charge in [0, 0.05) is 35.1 Å². The van der Waals surface area contributed by atoms with E-state index in [0.29, 0.717) is 16.5 Å². The number of aromatic nitrogens is 1. The highest BCUT2D eigenvalue weighted by Crippen LogP contribution is 2.33. The van der Waals surface area contributed by atoms with Gasteiger partial charge in [0.1, 0.15) is 17.5 Å². The minimum absolute atomic E-state index is 0.144. The van der Waals surface area contributed by atoms with Gasteiger partial charge in [-0.1, -0.05) is 34.3 Å². The molecule has 1 aliphatic rings. The minimum Gasteiger partial charge on any atom is -0.351 e. The second kappa shape index (κ2) is 9.82. The van der Waals surface area contributed by atoms with Gasteiger partial charge in [-0.2, -0.15) is 5.12 Å². The van der Waals surface area contributed by atoms with E-state index in [9.17, 15) is 23.3 Å². The number of alkyl halides is 1. The summed E-state index contributed by atoms with van der Waals surface area (Å²) in [5.74, 6) is -2.66. The quantitative estimate of drug-likeness (QED) is 0.485. The molecule has 2 heterocycles. The molecule has 0 saturated carbocycles. The Morgan fingerprint density at radius 2 is 1.89 bits per heavy atom. The average Bonchev–Trinajstić information content (AvgIpc) is 3.40. The van der Waals surface area contributed by atoms with Gasteiger partial charge >= 0.3 is 6.03 Å². The molecule has 0 aliphatic carbocycles. The third-order valence-corrected chi connectivity index (χ3v) is 6.53. The normalized spacial score (nSPS) is 19.6. The van der Waals surface area contributed by atoms with E-state index >= 15 is 4.39 Å². The Bertz CT molecular complexity index is 1350. The van der Waals surface area contributed by atoms with Gasteiger partial charge in [0.05, 0.1) is 25.0 Å². The lowest BCUT2D eigenvalue weighted by Crippen LogP contribution is -2.46. The topological polar surface area (TPSA) is 115 Å². The smallest absolute Gasteiger partial charge is 0.323 e. The largest absolute Gasteiger partial charge is 0.351 e. The summed E-state index contributed by atoms with van der Waals surface area (Å²) in [6, 6.07) is 7.96. The third kappa shape index (κ3) is 4.89. The highest BCUT2D eigenvalue weighted by Gasteiger charge is 2.50. The van der Waals surface area contributed by atoms with E-state index in [1.807, 2.05) is 0 Å². The molecule has 2 aromatic carbocycles. The summed E-state index contributed by atoms with van der Waals surface area (Å²) in [5, 5.41) is 0.451. The van der Waals surface area contributed by atoms with Gasteiger partial charge in [0.15, 0.2) is 0 Å². The molecule has 3 aromatic rings. The van der Waals surface area contributed by atoms with Crippen LogP contribution in [0.1, 0.15) is 17.5 Å². The molecular formula is C24H23ClF3N5O3. The number of nitrogens with two attached hydrogens (primary N) is 2. The first-order chi connectivity index (χ1) is 17.0. The maximum atomic E-state index is 15.2. The number of hydrogen-bond donors (Lipinski definition) is 2. The Kier molecular flexibility index (Phi) is 6.96. The number of amides is 3. The van der Waals surface area contributed by atoms with Crippen molar-refractivity contribution in [3.8, 4) is 0 Å². The van der Waals surface area contributed by atoms with Crippen molar-refractivity contribution in [2.75, 3.05) is 13.1 Å². The van der Waals surface area contributed by atoms with Crippen molar-refractivity contribution in [2.24, 2.45) is 11.5 Å². The lowest BCUT2D eigenvalue weighted by Gasteiger charge is -2.25. The Morgan fingerprint density at radius 3 is 2.58 bits per heavy atom. The van der Waals surface area contributed by atoms with E-state index in [0.717, 1.165) is 11.0 Å². The highest BCUT2D eigenvalue weighted by molar-refractivity contribution is 6.30. The molecule has 1 aromatic heterocycles. The van der Waals surface area contributed by atoms with Crippen molar-refractivity contribution < 1.29 is 27.6 Å². The molecule has 4 rings (SSSR count). The van der Waals surface area contributed by atoms with Crippen LogP contribution in [0.3, 0.4) is 0 Å². The van der Waals surface area contributed by atoms with Crippen LogP contribution in [-0.2, 0) is 22.6 Å². The van der Waals surface area contributed by atoms with E-state index in [-0.39, 0.29) is 22.1 Å². The maximum absolute atomic E-state index is 15.2.